The van der Waals surface area contributed by atoms with Crippen LogP contribution in [0.4, 0.5) is 19.0 Å². The molecular formula is C19H22F3N5O2S. The minimum atomic E-state index is -4.54. The molecule has 2 saturated carbocycles. The number of nitrogens with zero attached hydrogens (tertiary/aromatic N) is 3. The Morgan fingerprint density at radius 2 is 2.00 bits per heavy atom. The number of hydrogen-bond donors (Lipinski definition) is 2. The maximum Gasteiger partial charge on any atom is 0.443 e. The van der Waals surface area contributed by atoms with Gasteiger partial charge in [-0.3, -0.25) is 14.3 Å². The number of aromatic nitrogens is 3. The average molecular weight is 441 g/mol. The molecule has 1 amide bonds. The van der Waals surface area contributed by atoms with Crippen LogP contribution in [-0.2, 0) is 13.2 Å². The summed E-state index contributed by atoms with van der Waals surface area (Å²) in [6, 6.07) is 0. The number of fused-ring (bicyclic) bond motifs is 1. The molecule has 0 saturated heterocycles. The van der Waals surface area contributed by atoms with Crippen molar-refractivity contribution in [3.63, 3.8) is 0 Å². The number of amides is 1. The smallest absolute Gasteiger partial charge is 0.383 e. The van der Waals surface area contributed by atoms with E-state index >= 15 is 0 Å². The molecule has 11 heteroatoms. The Kier molecular flexibility index (Phi) is 5.33. The standard InChI is InChI=1S/C19H22F3N5O2S/c1-27-16(23)13(8-28)15(26-27)12-4-10-2-9(3-11(10)5-12)6-24-17(29)14-7-25-18(30-14)19(20,21)22/h7-12H,2-6,23H2,1H3,(H,24,29). The summed E-state index contributed by atoms with van der Waals surface area (Å²) in [4.78, 5) is 26.8. The normalized spacial score (nSPS) is 26.0. The highest BCUT2D eigenvalue weighted by molar-refractivity contribution is 7.13. The topological polar surface area (TPSA) is 103 Å². The fourth-order valence-corrected chi connectivity index (χ4v) is 5.66. The Balaban J connectivity index is 1.31. The zero-order valence-corrected chi connectivity index (χ0v) is 17.1. The van der Waals surface area contributed by atoms with Crippen molar-refractivity contribution in [2.75, 3.05) is 12.3 Å². The molecule has 2 unspecified atom stereocenters. The number of carbonyl (C=O) groups is 2. The predicted octanol–water partition coefficient (Wildman–Crippen LogP) is 3.24. The van der Waals surface area contributed by atoms with E-state index in [-0.39, 0.29) is 10.8 Å². The molecule has 2 aromatic rings. The second-order valence-electron chi connectivity index (χ2n) is 8.19. The maximum absolute atomic E-state index is 12.6. The van der Waals surface area contributed by atoms with Crippen LogP contribution >= 0.6 is 11.3 Å². The lowest BCUT2D eigenvalue weighted by Gasteiger charge is -2.14. The number of nitrogens with one attached hydrogen (secondary N) is 1. The van der Waals surface area contributed by atoms with E-state index in [1.807, 2.05) is 0 Å². The lowest BCUT2D eigenvalue weighted by molar-refractivity contribution is -0.137. The Morgan fingerprint density at radius 3 is 2.57 bits per heavy atom. The number of carbonyl (C=O) groups excluding carboxylic acids is 2. The lowest BCUT2D eigenvalue weighted by Crippen LogP contribution is -2.28. The molecule has 4 rings (SSSR count). The molecule has 2 fully saturated rings. The first-order valence-corrected chi connectivity index (χ1v) is 10.6. The second-order valence-corrected chi connectivity index (χ2v) is 9.22. The molecule has 30 heavy (non-hydrogen) atoms. The molecule has 2 atom stereocenters. The van der Waals surface area contributed by atoms with Gasteiger partial charge in [0.1, 0.15) is 10.7 Å². The molecule has 0 aliphatic heterocycles. The number of aldehydes is 1. The molecule has 3 N–H and O–H groups in total. The summed E-state index contributed by atoms with van der Waals surface area (Å²) >= 11 is 0.356. The van der Waals surface area contributed by atoms with E-state index in [1.165, 1.54) is 4.68 Å². The van der Waals surface area contributed by atoms with E-state index in [2.05, 4.69) is 15.4 Å². The highest BCUT2D eigenvalue weighted by Gasteiger charge is 2.43. The quantitative estimate of drug-likeness (QED) is 0.694. The first-order chi connectivity index (χ1) is 14.2. The van der Waals surface area contributed by atoms with Gasteiger partial charge in [0.2, 0.25) is 0 Å². The van der Waals surface area contributed by atoms with Gasteiger partial charge < -0.3 is 11.1 Å². The fraction of sp³-hybridized carbons (Fsp3) is 0.579. The van der Waals surface area contributed by atoms with Crippen molar-refractivity contribution in [3.8, 4) is 0 Å². The number of anilines is 1. The Bertz CT molecular complexity index is 956. The number of nitrogen functional groups attached to an aromatic ring is 1. The largest absolute Gasteiger partial charge is 0.443 e. The molecule has 0 aromatic carbocycles. The lowest BCUT2D eigenvalue weighted by atomic mass is 9.94. The van der Waals surface area contributed by atoms with E-state index in [0.29, 0.717) is 47.0 Å². The summed E-state index contributed by atoms with van der Waals surface area (Å²) in [6.07, 6.45) is 0.943. The number of rotatable bonds is 5. The number of alkyl halides is 3. The number of aryl methyl sites for hydroxylation is 1. The van der Waals surface area contributed by atoms with Crippen LogP contribution in [0, 0.1) is 17.8 Å². The molecule has 2 aliphatic rings. The monoisotopic (exact) mass is 441 g/mol. The van der Waals surface area contributed by atoms with Crippen molar-refractivity contribution in [3.05, 3.63) is 27.3 Å². The van der Waals surface area contributed by atoms with E-state index in [1.54, 1.807) is 7.05 Å². The molecule has 7 nitrogen and oxygen atoms in total. The third-order valence-corrected chi connectivity index (χ3v) is 7.34. The molecule has 0 spiro atoms. The van der Waals surface area contributed by atoms with Crippen LogP contribution in [0.5, 0.6) is 0 Å². The van der Waals surface area contributed by atoms with Crippen LogP contribution < -0.4 is 11.1 Å². The van der Waals surface area contributed by atoms with Gasteiger partial charge in [0, 0.05) is 19.5 Å². The van der Waals surface area contributed by atoms with Crippen molar-refractivity contribution in [2.24, 2.45) is 24.8 Å². The van der Waals surface area contributed by atoms with Gasteiger partial charge in [-0.05, 0) is 43.4 Å². The average Bonchev–Trinajstić information content (AvgIpc) is 3.42. The third kappa shape index (κ3) is 3.82. The second kappa shape index (κ2) is 7.68. The minimum Gasteiger partial charge on any atom is -0.383 e. The van der Waals surface area contributed by atoms with Crippen molar-refractivity contribution < 1.29 is 22.8 Å². The van der Waals surface area contributed by atoms with Crippen molar-refractivity contribution >= 4 is 29.3 Å². The zero-order chi connectivity index (χ0) is 21.6. The van der Waals surface area contributed by atoms with E-state index < -0.39 is 17.1 Å². The predicted molar refractivity (Wildman–Crippen MR) is 104 cm³/mol. The Labute approximate surface area is 174 Å². The summed E-state index contributed by atoms with van der Waals surface area (Å²) in [5.41, 5.74) is 7.18. The van der Waals surface area contributed by atoms with Gasteiger partial charge in [-0.1, -0.05) is 0 Å². The summed E-state index contributed by atoms with van der Waals surface area (Å²) in [6.45, 7) is 0.436. The van der Waals surface area contributed by atoms with Crippen molar-refractivity contribution in [1.29, 1.82) is 0 Å². The Hall–Kier alpha value is -2.43. The summed E-state index contributed by atoms with van der Waals surface area (Å²) in [5.74, 6) is 1.34. The van der Waals surface area contributed by atoms with Crippen LogP contribution in [0.3, 0.4) is 0 Å². The minimum absolute atomic E-state index is 0.0327. The molecular weight excluding hydrogens is 419 g/mol. The summed E-state index contributed by atoms with van der Waals surface area (Å²) in [7, 11) is 1.72. The summed E-state index contributed by atoms with van der Waals surface area (Å²) in [5, 5.41) is 6.18. The SMILES string of the molecule is Cn1nc(C2CC3CC(CNC(=O)c4cnc(C(F)(F)F)s4)CC3C2)c(C=O)c1N. The van der Waals surface area contributed by atoms with Crippen LogP contribution in [-0.4, -0.2) is 33.5 Å². The summed E-state index contributed by atoms with van der Waals surface area (Å²) < 4.78 is 39.4. The first-order valence-electron chi connectivity index (χ1n) is 9.76. The van der Waals surface area contributed by atoms with Crippen LogP contribution in [0.15, 0.2) is 6.20 Å². The van der Waals surface area contributed by atoms with Gasteiger partial charge in [-0.15, -0.1) is 11.3 Å². The van der Waals surface area contributed by atoms with Gasteiger partial charge in [-0.2, -0.15) is 18.3 Å². The molecule has 0 radical (unpaired) electrons. The van der Waals surface area contributed by atoms with E-state index in [4.69, 9.17) is 5.73 Å². The van der Waals surface area contributed by atoms with E-state index in [9.17, 15) is 22.8 Å². The first kappa shape index (κ1) is 20.8. The number of nitrogens with two attached hydrogens (primary N) is 1. The van der Waals surface area contributed by atoms with Gasteiger partial charge >= 0.3 is 6.18 Å². The molecule has 2 aliphatic carbocycles. The molecule has 2 aromatic heterocycles. The van der Waals surface area contributed by atoms with Gasteiger partial charge in [0.25, 0.3) is 5.91 Å². The highest BCUT2D eigenvalue weighted by atomic mass is 32.1. The van der Waals surface area contributed by atoms with Crippen molar-refractivity contribution in [1.82, 2.24) is 20.1 Å². The maximum atomic E-state index is 12.6. The van der Waals surface area contributed by atoms with Gasteiger partial charge in [0.05, 0.1) is 17.5 Å². The Morgan fingerprint density at radius 1 is 1.33 bits per heavy atom. The fourth-order valence-electron chi connectivity index (χ4n) is 4.96. The van der Waals surface area contributed by atoms with Crippen LogP contribution in [0.2, 0.25) is 0 Å². The zero-order valence-electron chi connectivity index (χ0n) is 16.3. The molecule has 0 bridgehead atoms. The molecule has 2 heterocycles. The van der Waals surface area contributed by atoms with Crippen LogP contribution in [0.25, 0.3) is 0 Å². The third-order valence-electron chi connectivity index (χ3n) is 6.30. The number of thiazole rings is 1. The van der Waals surface area contributed by atoms with Gasteiger partial charge in [0.15, 0.2) is 11.3 Å². The van der Waals surface area contributed by atoms with E-state index in [0.717, 1.165) is 43.9 Å². The number of hydrogen-bond acceptors (Lipinski definition) is 6. The molecule has 162 valence electrons. The highest BCUT2D eigenvalue weighted by Crippen LogP contribution is 2.52. The van der Waals surface area contributed by atoms with Crippen molar-refractivity contribution in [2.45, 2.75) is 37.8 Å². The number of halogens is 3. The van der Waals surface area contributed by atoms with Crippen LogP contribution in [0.1, 0.15) is 62.3 Å². The van der Waals surface area contributed by atoms with Gasteiger partial charge in [-0.25, -0.2) is 4.98 Å².